The summed E-state index contributed by atoms with van der Waals surface area (Å²) in [5.41, 5.74) is 0. The van der Waals surface area contributed by atoms with E-state index in [0.29, 0.717) is 0 Å². The average Bonchev–Trinajstić information content (AvgIpc) is 2.57. The first-order chi connectivity index (χ1) is 7.22. The smallest absolute Gasteiger partial charge is 0.322 e. The van der Waals surface area contributed by atoms with Crippen molar-refractivity contribution in [3.63, 3.8) is 0 Å². The quantitative estimate of drug-likeness (QED) is 0.651. The van der Waals surface area contributed by atoms with Crippen molar-refractivity contribution < 1.29 is 14.3 Å². The molecule has 0 bridgehead atoms. The Kier molecular flexibility index (Phi) is 2.90. The molecule has 1 saturated heterocycles. The molecule has 2 fully saturated rings. The Morgan fingerprint density at radius 2 is 2.00 bits per heavy atom. The van der Waals surface area contributed by atoms with E-state index in [4.69, 9.17) is 4.74 Å². The number of amides is 3. The van der Waals surface area contributed by atoms with Gasteiger partial charge in [0.25, 0.3) is 5.91 Å². The normalized spacial score (nSPS) is 36.2. The third-order valence-electron chi connectivity index (χ3n) is 3.29. The third-order valence-corrected chi connectivity index (χ3v) is 3.29. The number of ether oxygens (including phenoxy) is 1. The molecule has 2 rings (SSSR count). The molecular formula is C10H16N2O3. The number of carbonyl (C=O) groups is 2. The first-order valence-electron chi connectivity index (χ1n) is 5.36. The topological polar surface area (TPSA) is 67.4 Å². The molecule has 5 heteroatoms. The predicted molar refractivity (Wildman–Crippen MR) is 53.2 cm³/mol. The monoisotopic (exact) mass is 212 g/mol. The van der Waals surface area contributed by atoms with Crippen LogP contribution in [-0.4, -0.2) is 31.2 Å². The molecule has 0 spiro atoms. The van der Waals surface area contributed by atoms with Gasteiger partial charge in [-0.15, -0.1) is 0 Å². The molecule has 3 amide bonds. The van der Waals surface area contributed by atoms with Crippen LogP contribution in [0.5, 0.6) is 0 Å². The van der Waals surface area contributed by atoms with Crippen LogP contribution in [0.15, 0.2) is 0 Å². The van der Waals surface area contributed by atoms with E-state index in [0.717, 1.165) is 25.7 Å². The van der Waals surface area contributed by atoms with Gasteiger partial charge in [0, 0.05) is 13.0 Å². The summed E-state index contributed by atoms with van der Waals surface area (Å²) in [4.78, 5) is 22.5. The maximum atomic E-state index is 11.5. The Morgan fingerprint density at radius 1 is 1.27 bits per heavy atom. The molecule has 1 aliphatic carbocycles. The Bertz CT molecular complexity index is 280. The SMILES string of the molecule is CO[C@H]1CCCC[C@@H]1[C@H]1NC(=O)NC1=O. The fourth-order valence-corrected chi connectivity index (χ4v) is 2.53. The third kappa shape index (κ3) is 1.97. The zero-order valence-corrected chi connectivity index (χ0v) is 8.79. The largest absolute Gasteiger partial charge is 0.381 e. The fourth-order valence-electron chi connectivity index (χ4n) is 2.53. The number of rotatable bonds is 2. The molecule has 5 nitrogen and oxygen atoms in total. The second kappa shape index (κ2) is 4.18. The Morgan fingerprint density at radius 3 is 2.60 bits per heavy atom. The van der Waals surface area contributed by atoms with Crippen LogP contribution in [0.25, 0.3) is 0 Å². The van der Waals surface area contributed by atoms with Crippen molar-refractivity contribution in [3.05, 3.63) is 0 Å². The molecule has 3 atom stereocenters. The molecule has 0 aromatic rings. The minimum absolute atomic E-state index is 0.0906. The van der Waals surface area contributed by atoms with Crippen LogP contribution in [0, 0.1) is 5.92 Å². The summed E-state index contributed by atoms with van der Waals surface area (Å²) in [5, 5.41) is 4.92. The van der Waals surface area contributed by atoms with Crippen LogP contribution in [0.4, 0.5) is 4.79 Å². The van der Waals surface area contributed by atoms with E-state index < -0.39 is 6.04 Å². The molecule has 1 heterocycles. The van der Waals surface area contributed by atoms with Crippen LogP contribution in [0.1, 0.15) is 25.7 Å². The highest BCUT2D eigenvalue weighted by molar-refractivity contribution is 6.04. The van der Waals surface area contributed by atoms with Crippen LogP contribution < -0.4 is 10.6 Å². The van der Waals surface area contributed by atoms with Gasteiger partial charge in [0.2, 0.25) is 0 Å². The van der Waals surface area contributed by atoms with E-state index in [1.807, 2.05) is 0 Å². The van der Waals surface area contributed by atoms with E-state index >= 15 is 0 Å². The molecule has 0 aromatic carbocycles. The standard InChI is InChI=1S/C10H16N2O3/c1-15-7-5-3-2-4-6(7)8-9(13)12-10(14)11-8/h6-8H,2-5H2,1H3,(H2,11,12,13,14)/t6-,7-,8+/m0/s1. The molecule has 15 heavy (non-hydrogen) atoms. The molecular weight excluding hydrogens is 196 g/mol. The van der Waals surface area contributed by atoms with Gasteiger partial charge in [0.05, 0.1) is 6.10 Å². The van der Waals surface area contributed by atoms with Crippen molar-refractivity contribution in [2.75, 3.05) is 7.11 Å². The minimum Gasteiger partial charge on any atom is -0.381 e. The molecule has 84 valence electrons. The maximum Gasteiger partial charge on any atom is 0.322 e. The summed E-state index contributed by atoms with van der Waals surface area (Å²) in [6.45, 7) is 0. The van der Waals surface area contributed by atoms with Gasteiger partial charge in [-0.25, -0.2) is 4.79 Å². The molecule has 1 saturated carbocycles. The van der Waals surface area contributed by atoms with E-state index in [1.54, 1.807) is 7.11 Å². The summed E-state index contributed by atoms with van der Waals surface area (Å²) < 4.78 is 5.37. The summed E-state index contributed by atoms with van der Waals surface area (Å²) in [7, 11) is 1.66. The number of hydrogen-bond donors (Lipinski definition) is 2. The van der Waals surface area contributed by atoms with Crippen LogP contribution in [0.2, 0.25) is 0 Å². The maximum absolute atomic E-state index is 11.5. The summed E-state index contributed by atoms with van der Waals surface area (Å²) in [6, 6.07) is -0.784. The lowest BCUT2D eigenvalue weighted by atomic mass is 9.81. The number of carbonyl (C=O) groups excluding carboxylic acids is 2. The van der Waals surface area contributed by atoms with Gasteiger partial charge in [0.1, 0.15) is 6.04 Å². The van der Waals surface area contributed by atoms with Gasteiger partial charge in [-0.3, -0.25) is 10.1 Å². The first kappa shape index (κ1) is 10.4. The number of nitrogens with one attached hydrogen (secondary N) is 2. The predicted octanol–water partition coefficient (Wildman–Crippen LogP) is 0.400. The Labute approximate surface area is 88.5 Å². The number of hydrogen-bond acceptors (Lipinski definition) is 3. The van der Waals surface area contributed by atoms with Crippen LogP contribution >= 0.6 is 0 Å². The van der Waals surface area contributed by atoms with Gasteiger partial charge in [-0.05, 0) is 12.8 Å². The van der Waals surface area contributed by atoms with E-state index in [2.05, 4.69) is 10.6 Å². The van der Waals surface area contributed by atoms with Crippen molar-refractivity contribution in [3.8, 4) is 0 Å². The number of imide groups is 1. The number of methoxy groups -OCH3 is 1. The van der Waals surface area contributed by atoms with Gasteiger partial charge >= 0.3 is 6.03 Å². The zero-order chi connectivity index (χ0) is 10.8. The summed E-state index contributed by atoms with van der Waals surface area (Å²) >= 11 is 0. The van der Waals surface area contributed by atoms with E-state index in [-0.39, 0.29) is 24.0 Å². The highest BCUT2D eigenvalue weighted by Crippen LogP contribution is 2.30. The minimum atomic E-state index is -0.400. The van der Waals surface area contributed by atoms with Gasteiger partial charge < -0.3 is 10.1 Å². The molecule has 0 radical (unpaired) electrons. The van der Waals surface area contributed by atoms with Crippen LogP contribution in [-0.2, 0) is 9.53 Å². The van der Waals surface area contributed by atoms with Gasteiger partial charge in [-0.2, -0.15) is 0 Å². The fraction of sp³-hybridized carbons (Fsp3) is 0.800. The molecule has 0 aromatic heterocycles. The van der Waals surface area contributed by atoms with Gasteiger partial charge in [0.15, 0.2) is 0 Å². The molecule has 2 aliphatic rings. The van der Waals surface area contributed by atoms with Gasteiger partial charge in [-0.1, -0.05) is 12.8 Å². The zero-order valence-electron chi connectivity index (χ0n) is 8.79. The van der Waals surface area contributed by atoms with Crippen molar-refractivity contribution in [1.29, 1.82) is 0 Å². The second-order valence-corrected chi connectivity index (χ2v) is 4.16. The Hall–Kier alpha value is -1.10. The molecule has 0 unspecified atom stereocenters. The highest BCUT2D eigenvalue weighted by Gasteiger charge is 2.41. The first-order valence-corrected chi connectivity index (χ1v) is 5.36. The Balaban J connectivity index is 2.07. The van der Waals surface area contributed by atoms with E-state index in [1.165, 1.54) is 0 Å². The van der Waals surface area contributed by atoms with Crippen molar-refractivity contribution in [1.82, 2.24) is 10.6 Å². The van der Waals surface area contributed by atoms with Crippen molar-refractivity contribution >= 4 is 11.9 Å². The lowest BCUT2D eigenvalue weighted by molar-refractivity contribution is -0.123. The van der Waals surface area contributed by atoms with E-state index in [9.17, 15) is 9.59 Å². The second-order valence-electron chi connectivity index (χ2n) is 4.16. The van der Waals surface area contributed by atoms with Crippen molar-refractivity contribution in [2.24, 2.45) is 5.92 Å². The molecule has 2 N–H and O–H groups in total. The van der Waals surface area contributed by atoms with Crippen LogP contribution in [0.3, 0.4) is 0 Å². The van der Waals surface area contributed by atoms with Crippen molar-refractivity contribution in [2.45, 2.75) is 37.8 Å². The molecule has 1 aliphatic heterocycles. The number of urea groups is 1. The highest BCUT2D eigenvalue weighted by atomic mass is 16.5. The lowest BCUT2D eigenvalue weighted by Crippen LogP contribution is -2.45. The average molecular weight is 212 g/mol. The summed E-state index contributed by atoms with van der Waals surface area (Å²) in [6.07, 6.45) is 4.24. The lowest BCUT2D eigenvalue weighted by Gasteiger charge is -2.32. The summed E-state index contributed by atoms with van der Waals surface area (Å²) in [5.74, 6) is -0.0934.